The molecule has 15 heavy (non-hydrogen) atoms. The standard InChI is InChI=1S/C13H26N2/c1-14-10-12-6-8-15(9-7-12)11-13-4-2-3-5-13/h12-14H,2-11H2,1H3. The minimum atomic E-state index is 0.940. The van der Waals surface area contributed by atoms with Gasteiger partial charge in [0.15, 0.2) is 0 Å². The van der Waals surface area contributed by atoms with Gasteiger partial charge >= 0.3 is 0 Å². The quantitative estimate of drug-likeness (QED) is 0.764. The van der Waals surface area contributed by atoms with Crippen molar-refractivity contribution < 1.29 is 0 Å². The molecule has 1 saturated heterocycles. The summed E-state index contributed by atoms with van der Waals surface area (Å²) in [6.45, 7) is 5.31. The zero-order valence-corrected chi connectivity index (χ0v) is 10.2. The van der Waals surface area contributed by atoms with E-state index in [1.165, 1.54) is 64.7 Å². The Hall–Kier alpha value is -0.0800. The van der Waals surface area contributed by atoms with Crippen LogP contribution >= 0.6 is 0 Å². The predicted octanol–water partition coefficient (Wildman–Crippen LogP) is 2.11. The number of likely N-dealkylation sites (tertiary alicyclic amines) is 1. The summed E-state index contributed by atoms with van der Waals surface area (Å²) in [5.74, 6) is 1.97. The molecule has 0 aromatic carbocycles. The molecular formula is C13H26N2. The van der Waals surface area contributed by atoms with Crippen LogP contribution in [0.2, 0.25) is 0 Å². The minimum Gasteiger partial charge on any atom is -0.319 e. The SMILES string of the molecule is CNCC1CCN(CC2CCCC2)CC1. The lowest BCUT2D eigenvalue weighted by atomic mass is 9.95. The van der Waals surface area contributed by atoms with Gasteiger partial charge in [-0.1, -0.05) is 12.8 Å². The summed E-state index contributed by atoms with van der Waals surface area (Å²) in [6, 6.07) is 0. The number of nitrogens with zero attached hydrogens (tertiary/aromatic N) is 1. The molecule has 88 valence electrons. The van der Waals surface area contributed by atoms with Crippen LogP contribution in [-0.2, 0) is 0 Å². The van der Waals surface area contributed by atoms with E-state index < -0.39 is 0 Å². The van der Waals surface area contributed by atoms with Gasteiger partial charge in [0.1, 0.15) is 0 Å². The van der Waals surface area contributed by atoms with Gasteiger partial charge in [-0.3, -0.25) is 0 Å². The predicted molar refractivity (Wildman–Crippen MR) is 65.0 cm³/mol. The Balaban J connectivity index is 1.64. The summed E-state index contributed by atoms with van der Waals surface area (Å²) in [4.78, 5) is 2.71. The van der Waals surface area contributed by atoms with E-state index in [4.69, 9.17) is 0 Å². The normalized spacial score (nSPS) is 26.2. The molecule has 2 rings (SSSR count). The maximum atomic E-state index is 3.31. The molecule has 1 N–H and O–H groups in total. The summed E-state index contributed by atoms with van der Waals surface area (Å²) >= 11 is 0. The van der Waals surface area contributed by atoms with E-state index >= 15 is 0 Å². The van der Waals surface area contributed by atoms with Gasteiger partial charge in [-0.05, 0) is 64.2 Å². The van der Waals surface area contributed by atoms with E-state index in [-0.39, 0.29) is 0 Å². The number of nitrogens with one attached hydrogen (secondary N) is 1. The van der Waals surface area contributed by atoms with Gasteiger partial charge in [0, 0.05) is 6.54 Å². The largest absolute Gasteiger partial charge is 0.319 e. The number of piperidine rings is 1. The lowest BCUT2D eigenvalue weighted by Crippen LogP contribution is -2.38. The van der Waals surface area contributed by atoms with Crippen molar-refractivity contribution in [2.24, 2.45) is 11.8 Å². The van der Waals surface area contributed by atoms with Crippen LogP contribution in [0.15, 0.2) is 0 Å². The molecule has 0 spiro atoms. The second kappa shape index (κ2) is 5.86. The first-order valence-electron chi connectivity index (χ1n) is 6.75. The third-order valence-corrected chi connectivity index (χ3v) is 4.19. The Morgan fingerprint density at radius 2 is 1.67 bits per heavy atom. The van der Waals surface area contributed by atoms with E-state index in [0.717, 1.165) is 11.8 Å². The maximum Gasteiger partial charge on any atom is 0.000966 e. The van der Waals surface area contributed by atoms with Gasteiger partial charge in [-0.2, -0.15) is 0 Å². The fraction of sp³-hybridized carbons (Fsp3) is 1.00. The fourth-order valence-corrected chi connectivity index (χ4v) is 3.22. The van der Waals surface area contributed by atoms with Crippen molar-refractivity contribution in [2.75, 3.05) is 33.2 Å². The zero-order chi connectivity index (χ0) is 10.5. The number of hydrogen-bond donors (Lipinski definition) is 1. The van der Waals surface area contributed by atoms with Crippen LogP contribution in [0.5, 0.6) is 0 Å². The van der Waals surface area contributed by atoms with Crippen molar-refractivity contribution >= 4 is 0 Å². The van der Waals surface area contributed by atoms with Crippen molar-refractivity contribution in [3.05, 3.63) is 0 Å². The lowest BCUT2D eigenvalue weighted by Gasteiger charge is -2.33. The van der Waals surface area contributed by atoms with E-state index in [1.807, 2.05) is 0 Å². The highest BCUT2D eigenvalue weighted by Gasteiger charge is 2.22. The molecule has 1 aliphatic carbocycles. The molecule has 0 aromatic heterocycles. The van der Waals surface area contributed by atoms with Gasteiger partial charge in [0.2, 0.25) is 0 Å². The molecule has 0 radical (unpaired) electrons. The minimum absolute atomic E-state index is 0.940. The van der Waals surface area contributed by atoms with Crippen LogP contribution < -0.4 is 5.32 Å². The molecule has 2 fully saturated rings. The Kier molecular flexibility index (Phi) is 4.45. The van der Waals surface area contributed by atoms with Crippen LogP contribution in [0.4, 0.5) is 0 Å². The third-order valence-electron chi connectivity index (χ3n) is 4.19. The lowest BCUT2D eigenvalue weighted by molar-refractivity contribution is 0.161. The highest BCUT2D eigenvalue weighted by Crippen LogP contribution is 2.27. The highest BCUT2D eigenvalue weighted by molar-refractivity contribution is 4.77. The van der Waals surface area contributed by atoms with Gasteiger partial charge in [0.05, 0.1) is 0 Å². The molecule has 2 nitrogen and oxygen atoms in total. The smallest absolute Gasteiger partial charge is 0.000966 e. The van der Waals surface area contributed by atoms with Gasteiger partial charge < -0.3 is 10.2 Å². The average Bonchev–Trinajstić information content (AvgIpc) is 2.74. The Bertz CT molecular complexity index is 167. The van der Waals surface area contributed by atoms with Crippen LogP contribution in [0.3, 0.4) is 0 Å². The molecule has 0 aromatic rings. The second-order valence-corrected chi connectivity index (χ2v) is 5.45. The topological polar surface area (TPSA) is 15.3 Å². The van der Waals surface area contributed by atoms with Crippen LogP contribution in [0.25, 0.3) is 0 Å². The summed E-state index contributed by atoms with van der Waals surface area (Å²) in [5, 5.41) is 3.31. The van der Waals surface area contributed by atoms with Crippen molar-refractivity contribution in [1.29, 1.82) is 0 Å². The van der Waals surface area contributed by atoms with E-state index in [1.54, 1.807) is 0 Å². The Labute approximate surface area is 94.4 Å². The molecule has 1 heterocycles. The number of hydrogen-bond acceptors (Lipinski definition) is 2. The second-order valence-electron chi connectivity index (χ2n) is 5.45. The van der Waals surface area contributed by atoms with Crippen LogP contribution in [0.1, 0.15) is 38.5 Å². The van der Waals surface area contributed by atoms with Crippen molar-refractivity contribution in [3.63, 3.8) is 0 Å². The first-order chi connectivity index (χ1) is 7.38. The fourth-order valence-electron chi connectivity index (χ4n) is 3.22. The van der Waals surface area contributed by atoms with E-state index in [9.17, 15) is 0 Å². The molecule has 1 aliphatic heterocycles. The molecule has 1 saturated carbocycles. The highest BCUT2D eigenvalue weighted by atomic mass is 15.1. The molecular weight excluding hydrogens is 184 g/mol. The van der Waals surface area contributed by atoms with Crippen molar-refractivity contribution in [3.8, 4) is 0 Å². The molecule has 0 amide bonds. The maximum absolute atomic E-state index is 3.31. The molecule has 2 aliphatic rings. The molecule has 0 unspecified atom stereocenters. The van der Waals surface area contributed by atoms with Crippen molar-refractivity contribution in [2.45, 2.75) is 38.5 Å². The van der Waals surface area contributed by atoms with Gasteiger partial charge in [0.25, 0.3) is 0 Å². The third kappa shape index (κ3) is 3.46. The molecule has 0 bridgehead atoms. The van der Waals surface area contributed by atoms with Crippen molar-refractivity contribution in [1.82, 2.24) is 10.2 Å². The summed E-state index contributed by atoms with van der Waals surface area (Å²) in [7, 11) is 2.07. The zero-order valence-electron chi connectivity index (χ0n) is 10.2. The summed E-state index contributed by atoms with van der Waals surface area (Å²) < 4.78 is 0. The first kappa shape index (κ1) is 11.4. The van der Waals surface area contributed by atoms with Crippen LogP contribution in [0, 0.1) is 11.8 Å². The summed E-state index contributed by atoms with van der Waals surface area (Å²) in [6.07, 6.45) is 8.79. The Morgan fingerprint density at radius 3 is 2.27 bits per heavy atom. The number of rotatable bonds is 4. The average molecular weight is 210 g/mol. The van der Waals surface area contributed by atoms with E-state index in [2.05, 4.69) is 17.3 Å². The monoisotopic (exact) mass is 210 g/mol. The Morgan fingerprint density at radius 1 is 1.00 bits per heavy atom. The molecule has 2 heteroatoms. The first-order valence-corrected chi connectivity index (χ1v) is 6.75. The van der Waals surface area contributed by atoms with Gasteiger partial charge in [-0.25, -0.2) is 0 Å². The van der Waals surface area contributed by atoms with Gasteiger partial charge in [-0.15, -0.1) is 0 Å². The van der Waals surface area contributed by atoms with Crippen LogP contribution in [-0.4, -0.2) is 38.1 Å². The van der Waals surface area contributed by atoms with E-state index in [0.29, 0.717) is 0 Å². The molecule has 0 atom stereocenters. The summed E-state index contributed by atoms with van der Waals surface area (Å²) in [5.41, 5.74) is 0.